The molecule has 0 spiro atoms. The van der Waals surface area contributed by atoms with Crippen LogP contribution in [-0.4, -0.2) is 5.54 Å². The van der Waals surface area contributed by atoms with E-state index in [0.717, 1.165) is 24.8 Å². The third-order valence-electron chi connectivity index (χ3n) is 3.69. The van der Waals surface area contributed by atoms with Gasteiger partial charge in [0.1, 0.15) is 5.82 Å². The highest BCUT2D eigenvalue weighted by Gasteiger charge is 2.22. The topological polar surface area (TPSA) is 12.0 Å². The van der Waals surface area contributed by atoms with Crippen molar-refractivity contribution in [3.05, 3.63) is 34.6 Å². The summed E-state index contributed by atoms with van der Waals surface area (Å²) in [6.45, 7) is 7.14. The Morgan fingerprint density at radius 1 is 1.18 bits per heavy atom. The molecule has 1 N–H and O–H groups in total. The molecular weight excluding hydrogens is 237 g/mol. The molecule has 0 saturated carbocycles. The average Bonchev–Trinajstić information content (AvgIpc) is 2.35. The zero-order valence-electron chi connectivity index (χ0n) is 10.8. The first-order valence-corrected chi connectivity index (χ1v) is 6.63. The summed E-state index contributed by atoms with van der Waals surface area (Å²) in [6, 6.07) is 4.50. The molecule has 17 heavy (non-hydrogen) atoms. The zero-order chi connectivity index (χ0) is 12.9. The second-order valence-electron chi connectivity index (χ2n) is 4.43. The smallest absolute Gasteiger partial charge is 0.123 e. The molecule has 0 saturated heterocycles. The van der Waals surface area contributed by atoms with Crippen LogP contribution in [0.25, 0.3) is 0 Å². The molecule has 0 radical (unpaired) electrons. The minimum absolute atomic E-state index is 0.135. The molecule has 0 heterocycles. The average molecular weight is 258 g/mol. The van der Waals surface area contributed by atoms with Crippen LogP contribution in [0.1, 0.15) is 45.6 Å². The van der Waals surface area contributed by atoms with E-state index in [4.69, 9.17) is 11.6 Å². The van der Waals surface area contributed by atoms with E-state index in [2.05, 4.69) is 26.1 Å². The maximum Gasteiger partial charge on any atom is 0.123 e. The van der Waals surface area contributed by atoms with Crippen molar-refractivity contribution >= 4 is 11.6 Å². The zero-order valence-corrected chi connectivity index (χ0v) is 11.6. The van der Waals surface area contributed by atoms with E-state index < -0.39 is 0 Å². The largest absolute Gasteiger partial charge is 0.307 e. The summed E-state index contributed by atoms with van der Waals surface area (Å²) in [6.07, 6.45) is 3.19. The molecule has 0 amide bonds. The van der Waals surface area contributed by atoms with E-state index in [-0.39, 0.29) is 11.4 Å². The quantitative estimate of drug-likeness (QED) is 0.789. The SMILES string of the molecule is CCC(CC)(CC)NCc1cc(F)ccc1Cl. The monoisotopic (exact) mass is 257 g/mol. The standard InChI is InChI=1S/C14H21ClFN/c1-4-14(5-2,6-3)17-10-11-9-12(16)7-8-13(11)15/h7-9,17H,4-6,10H2,1-3H3. The van der Waals surface area contributed by atoms with E-state index in [1.807, 2.05) is 0 Å². The molecule has 1 nitrogen and oxygen atoms in total. The molecule has 0 fully saturated rings. The summed E-state index contributed by atoms with van der Waals surface area (Å²) in [7, 11) is 0. The first kappa shape index (κ1) is 14.5. The summed E-state index contributed by atoms with van der Waals surface area (Å²) in [4.78, 5) is 0. The first-order valence-electron chi connectivity index (χ1n) is 6.26. The Morgan fingerprint density at radius 3 is 2.29 bits per heavy atom. The fourth-order valence-electron chi connectivity index (χ4n) is 2.09. The van der Waals surface area contributed by atoms with Crippen molar-refractivity contribution in [3.63, 3.8) is 0 Å². The Balaban J connectivity index is 2.75. The number of nitrogens with one attached hydrogen (secondary N) is 1. The predicted octanol–water partition coefficient (Wildman–Crippen LogP) is 4.54. The lowest BCUT2D eigenvalue weighted by Gasteiger charge is -2.32. The van der Waals surface area contributed by atoms with E-state index >= 15 is 0 Å². The molecule has 0 atom stereocenters. The van der Waals surface area contributed by atoms with Gasteiger partial charge in [-0.15, -0.1) is 0 Å². The third kappa shape index (κ3) is 3.68. The Labute approximate surface area is 108 Å². The molecule has 1 aromatic rings. The molecule has 0 aliphatic rings. The van der Waals surface area contributed by atoms with Crippen molar-refractivity contribution in [3.8, 4) is 0 Å². The van der Waals surface area contributed by atoms with Gasteiger partial charge >= 0.3 is 0 Å². The maximum atomic E-state index is 13.1. The van der Waals surface area contributed by atoms with Gasteiger partial charge in [0.2, 0.25) is 0 Å². The second-order valence-corrected chi connectivity index (χ2v) is 4.84. The van der Waals surface area contributed by atoms with Crippen molar-refractivity contribution in [2.24, 2.45) is 0 Å². The van der Waals surface area contributed by atoms with Gasteiger partial charge in [-0.3, -0.25) is 0 Å². The van der Waals surface area contributed by atoms with Gasteiger partial charge in [-0.05, 0) is 43.0 Å². The first-order chi connectivity index (χ1) is 8.06. The lowest BCUT2D eigenvalue weighted by atomic mass is 9.89. The molecular formula is C14H21ClFN. The summed E-state index contributed by atoms with van der Waals surface area (Å²) in [5, 5.41) is 4.14. The van der Waals surface area contributed by atoms with E-state index in [9.17, 15) is 4.39 Å². The second kappa shape index (κ2) is 6.36. The maximum absolute atomic E-state index is 13.1. The minimum Gasteiger partial charge on any atom is -0.307 e. The third-order valence-corrected chi connectivity index (χ3v) is 4.06. The Morgan fingerprint density at radius 2 is 1.76 bits per heavy atom. The van der Waals surface area contributed by atoms with Crippen LogP contribution in [0.3, 0.4) is 0 Å². The summed E-state index contributed by atoms with van der Waals surface area (Å²) in [5.74, 6) is -0.235. The van der Waals surface area contributed by atoms with Crippen molar-refractivity contribution in [2.75, 3.05) is 0 Å². The van der Waals surface area contributed by atoms with Crippen LogP contribution in [0.15, 0.2) is 18.2 Å². The summed E-state index contributed by atoms with van der Waals surface area (Å²) in [5.41, 5.74) is 0.960. The van der Waals surface area contributed by atoms with Crippen LogP contribution in [0.5, 0.6) is 0 Å². The molecule has 0 aromatic heterocycles. The van der Waals surface area contributed by atoms with Crippen LogP contribution in [0.4, 0.5) is 4.39 Å². The molecule has 0 unspecified atom stereocenters. The van der Waals surface area contributed by atoms with Gasteiger partial charge in [-0.25, -0.2) is 4.39 Å². The number of hydrogen-bond acceptors (Lipinski definition) is 1. The fourth-order valence-corrected chi connectivity index (χ4v) is 2.27. The lowest BCUT2D eigenvalue weighted by Crippen LogP contribution is -2.43. The highest BCUT2D eigenvalue weighted by Crippen LogP contribution is 2.22. The summed E-state index contributed by atoms with van der Waals surface area (Å²) >= 11 is 6.05. The molecule has 96 valence electrons. The normalized spacial score (nSPS) is 11.8. The Kier molecular flexibility index (Phi) is 5.41. The van der Waals surface area contributed by atoms with Crippen molar-refractivity contribution in [1.29, 1.82) is 0 Å². The number of halogens is 2. The molecule has 1 rings (SSSR count). The van der Waals surface area contributed by atoms with E-state index in [0.29, 0.717) is 11.6 Å². The van der Waals surface area contributed by atoms with Crippen LogP contribution in [0.2, 0.25) is 5.02 Å². The van der Waals surface area contributed by atoms with Gasteiger partial charge in [-0.1, -0.05) is 32.4 Å². The van der Waals surface area contributed by atoms with Gasteiger partial charge in [0.05, 0.1) is 0 Å². The molecule has 0 aliphatic carbocycles. The van der Waals surface area contributed by atoms with Crippen molar-refractivity contribution in [2.45, 2.75) is 52.1 Å². The van der Waals surface area contributed by atoms with Gasteiger partial charge in [0.15, 0.2) is 0 Å². The number of hydrogen-bond donors (Lipinski definition) is 1. The van der Waals surface area contributed by atoms with Crippen LogP contribution >= 0.6 is 11.6 Å². The fraction of sp³-hybridized carbons (Fsp3) is 0.571. The molecule has 1 aromatic carbocycles. The highest BCUT2D eigenvalue weighted by molar-refractivity contribution is 6.31. The van der Waals surface area contributed by atoms with Crippen LogP contribution in [0, 0.1) is 5.82 Å². The lowest BCUT2D eigenvalue weighted by molar-refractivity contribution is 0.288. The van der Waals surface area contributed by atoms with Crippen LogP contribution in [-0.2, 0) is 6.54 Å². The molecule has 0 aliphatic heterocycles. The van der Waals surface area contributed by atoms with Crippen LogP contribution < -0.4 is 5.32 Å². The van der Waals surface area contributed by atoms with E-state index in [1.54, 1.807) is 6.07 Å². The van der Waals surface area contributed by atoms with Crippen molar-refractivity contribution in [1.82, 2.24) is 5.32 Å². The molecule has 0 bridgehead atoms. The Bertz CT molecular complexity index is 353. The number of benzene rings is 1. The van der Waals surface area contributed by atoms with E-state index in [1.165, 1.54) is 12.1 Å². The predicted molar refractivity (Wildman–Crippen MR) is 71.9 cm³/mol. The molecule has 3 heteroatoms. The van der Waals surface area contributed by atoms with Crippen molar-refractivity contribution < 1.29 is 4.39 Å². The number of rotatable bonds is 6. The van der Waals surface area contributed by atoms with Gasteiger partial charge in [0, 0.05) is 17.1 Å². The minimum atomic E-state index is -0.235. The van der Waals surface area contributed by atoms with Gasteiger partial charge in [0.25, 0.3) is 0 Å². The Hall–Kier alpha value is -0.600. The van der Waals surface area contributed by atoms with Gasteiger partial charge < -0.3 is 5.32 Å². The highest BCUT2D eigenvalue weighted by atomic mass is 35.5. The summed E-state index contributed by atoms with van der Waals surface area (Å²) < 4.78 is 13.1. The van der Waals surface area contributed by atoms with Gasteiger partial charge in [-0.2, -0.15) is 0 Å².